The van der Waals surface area contributed by atoms with Crippen LogP contribution in [-0.4, -0.2) is 47.8 Å². The molecule has 1 aliphatic rings. The highest BCUT2D eigenvalue weighted by atomic mass is 32.2. The predicted molar refractivity (Wildman–Crippen MR) is 119 cm³/mol. The first kappa shape index (κ1) is 22.6. The Morgan fingerprint density at radius 2 is 1.84 bits per heavy atom. The smallest absolute Gasteiger partial charge is 0.252 e. The number of carbonyl (C=O) groups is 3. The average molecular weight is 444 g/mol. The first-order valence-corrected chi connectivity index (χ1v) is 10.8. The van der Waals surface area contributed by atoms with Gasteiger partial charge in [0.2, 0.25) is 11.8 Å². The van der Waals surface area contributed by atoms with Crippen molar-refractivity contribution >= 4 is 35.2 Å². The molecule has 1 fully saturated rings. The van der Waals surface area contributed by atoms with E-state index in [-0.39, 0.29) is 11.7 Å². The average Bonchev–Trinajstić information content (AvgIpc) is 2.76. The maximum absolute atomic E-state index is 12.5. The fourth-order valence-corrected chi connectivity index (χ4v) is 3.75. The highest BCUT2D eigenvalue weighted by Crippen LogP contribution is 2.15. The van der Waals surface area contributed by atoms with E-state index in [2.05, 4.69) is 21.3 Å². The number of hydrogen-bond acceptors (Lipinski definition) is 7. The van der Waals surface area contributed by atoms with E-state index in [4.69, 9.17) is 10.5 Å². The molecule has 2 aromatic carbocycles. The lowest BCUT2D eigenvalue weighted by molar-refractivity contribution is -0.125. The minimum absolute atomic E-state index is 0.114. The summed E-state index contributed by atoms with van der Waals surface area (Å²) >= 11 is 1.19. The third-order valence-electron chi connectivity index (χ3n) is 4.41. The van der Waals surface area contributed by atoms with Crippen molar-refractivity contribution in [3.63, 3.8) is 0 Å². The Balaban J connectivity index is 1.48. The van der Waals surface area contributed by atoms with Crippen molar-refractivity contribution in [3.05, 3.63) is 60.2 Å². The molecule has 3 unspecified atom stereocenters. The number of carbonyl (C=O) groups excluding carboxylic acids is 3. The van der Waals surface area contributed by atoms with Crippen molar-refractivity contribution in [2.75, 3.05) is 17.7 Å². The first-order chi connectivity index (χ1) is 15.0. The minimum atomic E-state index is -0.950. The van der Waals surface area contributed by atoms with Crippen LogP contribution >= 0.6 is 11.8 Å². The van der Waals surface area contributed by atoms with Gasteiger partial charge in [-0.3, -0.25) is 19.7 Å². The number of anilines is 1. The van der Waals surface area contributed by atoms with Crippen LogP contribution in [0, 0.1) is 0 Å². The largest absolute Gasteiger partial charge is 0.494 e. The topological polar surface area (TPSA) is 135 Å². The van der Waals surface area contributed by atoms with E-state index in [0.717, 1.165) is 0 Å². The molecule has 6 N–H and O–H groups in total. The number of thioether (sulfide) groups is 1. The van der Waals surface area contributed by atoms with E-state index in [0.29, 0.717) is 23.6 Å². The molecule has 164 valence electrons. The fourth-order valence-electron chi connectivity index (χ4n) is 2.91. The third kappa shape index (κ3) is 6.45. The van der Waals surface area contributed by atoms with Crippen molar-refractivity contribution in [1.29, 1.82) is 0 Å². The first-order valence-electron chi connectivity index (χ1n) is 9.78. The molecule has 1 aliphatic heterocycles. The highest BCUT2D eigenvalue weighted by Gasteiger charge is 2.35. The molecule has 0 aromatic heterocycles. The Morgan fingerprint density at radius 1 is 1.13 bits per heavy atom. The van der Waals surface area contributed by atoms with E-state index in [9.17, 15) is 14.4 Å². The maximum atomic E-state index is 12.5. The summed E-state index contributed by atoms with van der Waals surface area (Å²) in [5.41, 5.74) is 6.59. The van der Waals surface area contributed by atoms with E-state index in [1.807, 2.05) is 25.1 Å². The van der Waals surface area contributed by atoms with Crippen molar-refractivity contribution in [3.8, 4) is 5.75 Å². The predicted octanol–water partition coefficient (Wildman–Crippen LogP) is 0.843. The van der Waals surface area contributed by atoms with Crippen LogP contribution in [0.15, 0.2) is 54.6 Å². The molecule has 9 nitrogen and oxygen atoms in total. The zero-order chi connectivity index (χ0) is 22.2. The van der Waals surface area contributed by atoms with Gasteiger partial charge in [-0.1, -0.05) is 18.2 Å². The van der Waals surface area contributed by atoms with Crippen LogP contribution in [0.5, 0.6) is 5.75 Å². The molecular weight excluding hydrogens is 418 g/mol. The molecule has 0 saturated carbocycles. The Morgan fingerprint density at radius 3 is 2.48 bits per heavy atom. The standard InChI is InChI=1S/C21H25N5O4S/c1-2-30-15-10-8-13(9-11-15)19(28)24-17-18(22)25-21(26-20(17)29)31-12-16(27)23-14-6-4-3-5-7-14/h3-11,17-18,21,25H,2,12,22H2,1H3,(H,23,27)(H,24,28)(H,26,29). The Labute approximate surface area is 184 Å². The van der Waals surface area contributed by atoms with Crippen LogP contribution in [0.25, 0.3) is 0 Å². The van der Waals surface area contributed by atoms with Crippen LogP contribution in [-0.2, 0) is 9.59 Å². The van der Waals surface area contributed by atoms with Crippen molar-refractivity contribution in [2.24, 2.45) is 5.73 Å². The van der Waals surface area contributed by atoms with Crippen LogP contribution in [0.2, 0.25) is 0 Å². The van der Waals surface area contributed by atoms with Gasteiger partial charge in [0.05, 0.1) is 18.5 Å². The molecule has 0 radical (unpaired) electrons. The van der Waals surface area contributed by atoms with Gasteiger partial charge in [0.25, 0.3) is 5.91 Å². The maximum Gasteiger partial charge on any atom is 0.252 e. The summed E-state index contributed by atoms with van der Waals surface area (Å²) < 4.78 is 5.35. The summed E-state index contributed by atoms with van der Waals surface area (Å²) in [6, 6.07) is 14.7. The monoisotopic (exact) mass is 443 g/mol. The second-order valence-corrected chi connectivity index (χ2v) is 7.81. The number of nitrogens with one attached hydrogen (secondary N) is 4. The number of benzene rings is 2. The van der Waals surface area contributed by atoms with E-state index in [1.54, 1.807) is 36.4 Å². The summed E-state index contributed by atoms with van der Waals surface area (Å²) in [5, 5.41) is 11.1. The molecule has 2 aromatic rings. The SMILES string of the molecule is CCOc1ccc(C(=O)NC2C(=O)NC(SCC(=O)Nc3ccccc3)NC2N)cc1. The lowest BCUT2D eigenvalue weighted by atomic mass is 10.1. The van der Waals surface area contributed by atoms with E-state index in [1.165, 1.54) is 11.8 Å². The number of hydrogen-bond donors (Lipinski definition) is 5. The molecule has 1 saturated heterocycles. The van der Waals surface area contributed by atoms with E-state index >= 15 is 0 Å². The molecule has 1 heterocycles. The summed E-state index contributed by atoms with van der Waals surface area (Å²) in [6.45, 7) is 2.40. The van der Waals surface area contributed by atoms with Gasteiger partial charge in [-0.2, -0.15) is 0 Å². The van der Waals surface area contributed by atoms with Gasteiger partial charge in [-0.25, -0.2) is 0 Å². The van der Waals surface area contributed by atoms with Gasteiger partial charge in [-0.05, 0) is 43.3 Å². The lowest BCUT2D eigenvalue weighted by Gasteiger charge is -2.35. The Bertz CT molecular complexity index is 910. The second kappa shape index (κ2) is 10.8. The van der Waals surface area contributed by atoms with Crippen molar-refractivity contribution in [2.45, 2.75) is 24.6 Å². The number of ether oxygens (including phenoxy) is 1. The van der Waals surface area contributed by atoms with E-state index < -0.39 is 29.5 Å². The van der Waals surface area contributed by atoms with Gasteiger partial charge >= 0.3 is 0 Å². The van der Waals surface area contributed by atoms with Crippen molar-refractivity contribution < 1.29 is 19.1 Å². The van der Waals surface area contributed by atoms with Crippen molar-refractivity contribution in [1.82, 2.24) is 16.0 Å². The zero-order valence-corrected chi connectivity index (χ0v) is 17.8. The van der Waals surface area contributed by atoms with Gasteiger partial charge in [0, 0.05) is 11.3 Å². The summed E-state index contributed by atoms with van der Waals surface area (Å²) in [4.78, 5) is 37.0. The fraction of sp³-hybridized carbons (Fsp3) is 0.286. The van der Waals surface area contributed by atoms with Gasteiger partial charge < -0.3 is 26.4 Å². The number of amides is 3. The third-order valence-corrected chi connectivity index (χ3v) is 5.43. The zero-order valence-electron chi connectivity index (χ0n) is 17.0. The molecule has 0 spiro atoms. The summed E-state index contributed by atoms with van der Waals surface area (Å²) in [7, 11) is 0. The summed E-state index contributed by atoms with van der Waals surface area (Å²) in [6.07, 6.45) is -0.810. The van der Waals surface area contributed by atoms with Gasteiger partial charge in [0.15, 0.2) is 0 Å². The van der Waals surface area contributed by atoms with Crippen LogP contribution in [0.3, 0.4) is 0 Å². The number of rotatable bonds is 8. The van der Waals surface area contributed by atoms with Gasteiger partial charge in [-0.15, -0.1) is 11.8 Å². The normalized spacial score (nSPS) is 20.5. The molecule has 10 heteroatoms. The van der Waals surface area contributed by atoms with Gasteiger partial charge in [0.1, 0.15) is 17.3 Å². The molecule has 3 atom stereocenters. The van der Waals surface area contributed by atoms with Crippen LogP contribution in [0.1, 0.15) is 17.3 Å². The number of nitrogens with two attached hydrogens (primary N) is 1. The molecule has 3 rings (SSSR count). The number of para-hydroxylation sites is 1. The molecule has 0 aliphatic carbocycles. The second-order valence-electron chi connectivity index (χ2n) is 6.71. The molecule has 31 heavy (non-hydrogen) atoms. The Kier molecular flexibility index (Phi) is 7.88. The van der Waals surface area contributed by atoms with Crippen LogP contribution < -0.4 is 31.7 Å². The molecule has 3 amide bonds. The highest BCUT2D eigenvalue weighted by molar-refractivity contribution is 8.00. The summed E-state index contributed by atoms with van der Waals surface area (Å²) in [5.74, 6) is -0.279. The molecular formula is C21H25N5O4S. The van der Waals surface area contributed by atoms with Crippen LogP contribution in [0.4, 0.5) is 5.69 Å². The quantitative estimate of drug-likeness (QED) is 0.408. The molecule has 0 bridgehead atoms. The Hall–Kier alpha value is -3.08. The minimum Gasteiger partial charge on any atom is -0.494 e. The lowest BCUT2D eigenvalue weighted by Crippen LogP contribution is -2.70.